The van der Waals surface area contributed by atoms with Crippen molar-refractivity contribution >= 4 is 15.5 Å². The summed E-state index contributed by atoms with van der Waals surface area (Å²) in [7, 11) is 1.23. The highest BCUT2D eigenvalue weighted by atomic mass is 32.2. The Labute approximate surface area is 127 Å². The van der Waals surface area contributed by atoms with Crippen LogP contribution in [0, 0.1) is 5.92 Å². The van der Waals surface area contributed by atoms with Gasteiger partial charge in [0.05, 0.1) is 11.5 Å². The highest BCUT2D eigenvalue weighted by molar-refractivity contribution is 7.91. The van der Waals surface area contributed by atoms with Crippen molar-refractivity contribution < 1.29 is 8.42 Å². The highest BCUT2D eigenvalue weighted by Gasteiger charge is 2.34. The molecule has 0 saturated carbocycles. The van der Waals surface area contributed by atoms with Gasteiger partial charge < -0.3 is 10.2 Å². The van der Waals surface area contributed by atoms with E-state index in [9.17, 15) is 8.42 Å². The molecule has 1 aromatic rings. The van der Waals surface area contributed by atoms with E-state index in [1.807, 2.05) is 7.05 Å². The lowest BCUT2D eigenvalue weighted by Gasteiger charge is -2.30. The van der Waals surface area contributed by atoms with E-state index in [-0.39, 0.29) is 12.0 Å². The molecule has 1 fully saturated rings. The number of benzene rings is 1. The maximum Gasteiger partial charge on any atom is 0.150 e. The molecule has 0 aliphatic carbocycles. The van der Waals surface area contributed by atoms with E-state index in [1.165, 1.54) is 23.2 Å². The zero-order valence-electron chi connectivity index (χ0n) is 12.8. The number of hydrogen-bond donors (Lipinski definition) is 1. The third-order valence-electron chi connectivity index (χ3n) is 4.86. The van der Waals surface area contributed by atoms with Gasteiger partial charge in [-0.05, 0) is 49.4 Å². The van der Waals surface area contributed by atoms with Crippen molar-refractivity contribution in [3.8, 4) is 0 Å². The summed E-state index contributed by atoms with van der Waals surface area (Å²) in [6.45, 7) is 1.11. The van der Waals surface area contributed by atoms with Crippen molar-refractivity contribution in [3.05, 3.63) is 29.3 Å². The van der Waals surface area contributed by atoms with E-state index in [0.29, 0.717) is 11.5 Å². The average molecular weight is 308 g/mol. The van der Waals surface area contributed by atoms with Crippen molar-refractivity contribution in [1.82, 2.24) is 5.32 Å². The van der Waals surface area contributed by atoms with Crippen LogP contribution in [0.5, 0.6) is 0 Å². The van der Waals surface area contributed by atoms with Gasteiger partial charge in [0, 0.05) is 25.3 Å². The van der Waals surface area contributed by atoms with Gasteiger partial charge in [-0.2, -0.15) is 0 Å². The third-order valence-corrected chi connectivity index (χ3v) is 6.66. The molecule has 21 heavy (non-hydrogen) atoms. The first-order valence-electron chi connectivity index (χ1n) is 7.72. The first kappa shape index (κ1) is 14.9. The normalized spacial score (nSPS) is 25.6. The number of hydrogen-bond acceptors (Lipinski definition) is 4. The smallest absolute Gasteiger partial charge is 0.150 e. The standard InChI is InChI=1S/C16H24N2O2S/c1-17-16(14-7-9-21(19,20)11-14)13-5-6-15-12(10-13)4-3-8-18(15)2/h5-6,10,14,16-17H,3-4,7-9,11H2,1-2H3. The van der Waals surface area contributed by atoms with Gasteiger partial charge in [0.1, 0.15) is 0 Å². The Kier molecular flexibility index (Phi) is 3.97. The molecule has 116 valence electrons. The molecule has 0 radical (unpaired) electrons. The molecule has 0 amide bonds. The Balaban J connectivity index is 1.88. The number of aryl methyl sites for hydroxylation is 1. The third kappa shape index (κ3) is 2.94. The van der Waals surface area contributed by atoms with E-state index < -0.39 is 9.84 Å². The summed E-state index contributed by atoms with van der Waals surface area (Å²) in [6.07, 6.45) is 3.08. The van der Waals surface area contributed by atoms with E-state index in [1.54, 1.807) is 0 Å². The molecule has 0 bridgehead atoms. The lowest BCUT2D eigenvalue weighted by atomic mass is 9.89. The highest BCUT2D eigenvalue weighted by Crippen LogP contribution is 2.34. The summed E-state index contributed by atoms with van der Waals surface area (Å²) >= 11 is 0. The first-order chi connectivity index (χ1) is 10.00. The summed E-state index contributed by atoms with van der Waals surface area (Å²) in [6, 6.07) is 6.77. The van der Waals surface area contributed by atoms with Crippen LogP contribution in [0.4, 0.5) is 5.69 Å². The van der Waals surface area contributed by atoms with Crippen LogP contribution in [0.2, 0.25) is 0 Å². The van der Waals surface area contributed by atoms with Crippen molar-refractivity contribution in [1.29, 1.82) is 0 Å². The van der Waals surface area contributed by atoms with Crippen molar-refractivity contribution in [2.24, 2.45) is 5.92 Å². The lowest BCUT2D eigenvalue weighted by Crippen LogP contribution is -2.28. The van der Waals surface area contributed by atoms with E-state index >= 15 is 0 Å². The number of anilines is 1. The minimum atomic E-state index is -2.83. The van der Waals surface area contributed by atoms with E-state index in [0.717, 1.165) is 19.4 Å². The Bertz CT molecular complexity index is 627. The molecule has 5 heteroatoms. The van der Waals surface area contributed by atoms with E-state index in [4.69, 9.17) is 0 Å². The summed E-state index contributed by atoms with van der Waals surface area (Å²) in [5.41, 5.74) is 3.94. The molecule has 2 aliphatic rings. The Morgan fingerprint density at radius 3 is 2.86 bits per heavy atom. The minimum absolute atomic E-state index is 0.139. The van der Waals surface area contributed by atoms with Gasteiger partial charge in [-0.25, -0.2) is 8.42 Å². The summed E-state index contributed by atoms with van der Waals surface area (Å²) in [4.78, 5) is 2.30. The molecule has 2 atom stereocenters. The Morgan fingerprint density at radius 2 is 2.19 bits per heavy atom. The van der Waals surface area contributed by atoms with Crippen molar-refractivity contribution in [2.75, 3.05) is 37.0 Å². The molecule has 1 aromatic carbocycles. The van der Waals surface area contributed by atoms with Crippen LogP contribution in [0.3, 0.4) is 0 Å². The van der Waals surface area contributed by atoms with Gasteiger partial charge in [-0.1, -0.05) is 12.1 Å². The van der Waals surface area contributed by atoms with Gasteiger partial charge >= 0.3 is 0 Å². The van der Waals surface area contributed by atoms with Crippen LogP contribution in [0.15, 0.2) is 18.2 Å². The summed E-state index contributed by atoms with van der Waals surface area (Å²) < 4.78 is 23.5. The quantitative estimate of drug-likeness (QED) is 0.924. The Hall–Kier alpha value is -1.07. The molecule has 4 nitrogen and oxygen atoms in total. The molecule has 2 unspecified atom stereocenters. The number of nitrogens with one attached hydrogen (secondary N) is 1. The fourth-order valence-electron chi connectivity index (χ4n) is 3.76. The predicted molar refractivity (Wildman–Crippen MR) is 86.6 cm³/mol. The molecule has 1 N–H and O–H groups in total. The zero-order valence-corrected chi connectivity index (χ0v) is 13.6. The molecule has 0 spiro atoms. The van der Waals surface area contributed by atoms with Crippen LogP contribution in [-0.2, 0) is 16.3 Å². The number of fused-ring (bicyclic) bond motifs is 1. The van der Waals surface area contributed by atoms with E-state index in [2.05, 4.69) is 35.5 Å². The minimum Gasteiger partial charge on any atom is -0.374 e. The predicted octanol–water partition coefficient (Wildman–Crippen LogP) is 1.76. The maximum absolute atomic E-state index is 11.7. The monoisotopic (exact) mass is 308 g/mol. The fraction of sp³-hybridized carbons (Fsp3) is 0.625. The van der Waals surface area contributed by atoms with Crippen LogP contribution in [0.1, 0.15) is 30.0 Å². The molecular weight excluding hydrogens is 284 g/mol. The van der Waals surface area contributed by atoms with Gasteiger partial charge in [0.15, 0.2) is 9.84 Å². The second kappa shape index (κ2) is 5.61. The molecule has 3 rings (SSSR count). The Morgan fingerprint density at radius 1 is 1.38 bits per heavy atom. The second-order valence-electron chi connectivity index (χ2n) is 6.34. The van der Waals surface area contributed by atoms with Crippen molar-refractivity contribution in [2.45, 2.75) is 25.3 Å². The van der Waals surface area contributed by atoms with Gasteiger partial charge in [0.2, 0.25) is 0 Å². The summed E-state index contributed by atoms with van der Waals surface area (Å²) in [5, 5.41) is 3.34. The number of rotatable bonds is 3. The second-order valence-corrected chi connectivity index (χ2v) is 8.57. The van der Waals surface area contributed by atoms with Gasteiger partial charge in [0.25, 0.3) is 0 Å². The topological polar surface area (TPSA) is 49.4 Å². The lowest BCUT2D eigenvalue weighted by molar-refractivity contribution is 0.418. The van der Waals surface area contributed by atoms with Crippen molar-refractivity contribution in [3.63, 3.8) is 0 Å². The zero-order chi connectivity index (χ0) is 15.0. The van der Waals surface area contributed by atoms with Crippen LogP contribution in [0.25, 0.3) is 0 Å². The molecular formula is C16H24N2O2S. The molecule has 1 saturated heterocycles. The fourth-order valence-corrected chi connectivity index (χ4v) is 5.60. The SMILES string of the molecule is CNC(c1ccc2c(c1)CCCN2C)C1CCS(=O)(=O)C1. The van der Waals surface area contributed by atoms with Gasteiger partial charge in [-0.15, -0.1) is 0 Å². The summed E-state index contributed by atoms with van der Waals surface area (Å²) in [5.74, 6) is 0.846. The number of nitrogens with zero attached hydrogens (tertiary/aromatic N) is 1. The largest absolute Gasteiger partial charge is 0.374 e. The van der Waals surface area contributed by atoms with Gasteiger partial charge in [-0.3, -0.25) is 0 Å². The van der Waals surface area contributed by atoms with Crippen LogP contribution >= 0.6 is 0 Å². The molecule has 2 aliphatic heterocycles. The molecule has 2 heterocycles. The number of sulfone groups is 1. The first-order valence-corrected chi connectivity index (χ1v) is 9.54. The molecule has 0 aromatic heterocycles. The maximum atomic E-state index is 11.7. The average Bonchev–Trinajstić information content (AvgIpc) is 2.80. The van der Waals surface area contributed by atoms with Crippen LogP contribution in [-0.4, -0.2) is 40.6 Å². The van der Waals surface area contributed by atoms with Crippen LogP contribution < -0.4 is 10.2 Å².